The molecule has 0 heterocycles. The molecule has 3 N–H and O–H groups in total. The van der Waals surface area contributed by atoms with Gasteiger partial charge in [0.15, 0.2) is 6.10 Å². The quantitative estimate of drug-likeness (QED) is 0.739. The number of hydrogen-bond acceptors (Lipinski definition) is 5. The fourth-order valence-electron chi connectivity index (χ4n) is 2.10. The number of primary sulfonamides is 1. The largest absolute Gasteiger partial charge is 0.452 e. The number of ether oxygens (including phenoxy) is 1. The zero-order valence-corrected chi connectivity index (χ0v) is 14.6. The first-order chi connectivity index (χ1) is 12.1. The lowest BCUT2D eigenvalue weighted by atomic mass is 10.1. The summed E-state index contributed by atoms with van der Waals surface area (Å²) in [5.41, 5.74) is 0.609. The summed E-state index contributed by atoms with van der Waals surface area (Å²) in [6, 6.07) is 10.8. The van der Waals surface area contributed by atoms with Crippen LogP contribution in [0.2, 0.25) is 0 Å². The van der Waals surface area contributed by atoms with Crippen LogP contribution in [-0.2, 0) is 30.8 Å². The van der Waals surface area contributed by atoms with Crippen LogP contribution in [0.15, 0.2) is 53.4 Å². The summed E-state index contributed by atoms with van der Waals surface area (Å²) in [6.07, 6.45) is -1.31. The Morgan fingerprint density at radius 1 is 1.19 bits per heavy atom. The minimum atomic E-state index is -3.91. The van der Waals surface area contributed by atoms with E-state index in [1.54, 1.807) is 6.07 Å². The predicted molar refractivity (Wildman–Crippen MR) is 92.1 cm³/mol. The summed E-state index contributed by atoms with van der Waals surface area (Å²) in [5, 5.41) is 7.47. The van der Waals surface area contributed by atoms with Gasteiger partial charge in [0.25, 0.3) is 5.91 Å². The standard InChI is InChI=1S/C17H17FN2O5S/c1-11(25-16(21)9-12-4-2-5-13(18)8-12)17(22)20-14-6-3-7-15(10-14)26(19,23)24/h2-8,10-11H,9H2,1H3,(H,20,22)(H2,19,23,24)/t11-/m1/s1. The Labute approximate surface area is 150 Å². The molecular formula is C17H17FN2O5S. The van der Waals surface area contributed by atoms with Crippen molar-refractivity contribution in [2.45, 2.75) is 24.3 Å². The lowest BCUT2D eigenvalue weighted by Gasteiger charge is -2.14. The van der Waals surface area contributed by atoms with Gasteiger partial charge in [-0.1, -0.05) is 18.2 Å². The van der Waals surface area contributed by atoms with Crippen molar-refractivity contribution in [1.82, 2.24) is 0 Å². The normalized spacial score (nSPS) is 12.3. The van der Waals surface area contributed by atoms with E-state index in [0.29, 0.717) is 5.56 Å². The van der Waals surface area contributed by atoms with Gasteiger partial charge in [0, 0.05) is 5.69 Å². The number of carbonyl (C=O) groups is 2. The molecule has 26 heavy (non-hydrogen) atoms. The first-order valence-electron chi connectivity index (χ1n) is 7.53. The van der Waals surface area contributed by atoms with E-state index >= 15 is 0 Å². The van der Waals surface area contributed by atoms with Crippen molar-refractivity contribution in [1.29, 1.82) is 0 Å². The summed E-state index contributed by atoms with van der Waals surface area (Å²) < 4.78 is 40.7. The van der Waals surface area contributed by atoms with Crippen molar-refractivity contribution >= 4 is 27.6 Å². The zero-order chi connectivity index (χ0) is 19.3. The molecule has 1 atom stereocenters. The van der Waals surface area contributed by atoms with Gasteiger partial charge in [0.05, 0.1) is 11.3 Å². The molecule has 2 aromatic rings. The summed E-state index contributed by atoms with van der Waals surface area (Å²) in [5.74, 6) is -1.82. The van der Waals surface area contributed by atoms with E-state index in [1.165, 1.54) is 49.4 Å². The first-order valence-corrected chi connectivity index (χ1v) is 9.07. The average Bonchev–Trinajstić information content (AvgIpc) is 2.54. The van der Waals surface area contributed by atoms with Crippen LogP contribution >= 0.6 is 0 Å². The van der Waals surface area contributed by atoms with Gasteiger partial charge in [-0.3, -0.25) is 9.59 Å². The van der Waals surface area contributed by atoms with E-state index < -0.39 is 33.8 Å². The smallest absolute Gasteiger partial charge is 0.311 e. The van der Waals surface area contributed by atoms with Crippen molar-refractivity contribution < 1.29 is 27.1 Å². The minimum absolute atomic E-state index is 0.161. The van der Waals surface area contributed by atoms with Crippen molar-refractivity contribution in [2.75, 3.05) is 5.32 Å². The molecule has 0 radical (unpaired) electrons. The summed E-state index contributed by atoms with van der Waals surface area (Å²) in [7, 11) is -3.91. The molecule has 0 bridgehead atoms. The third-order valence-corrected chi connectivity index (χ3v) is 4.26. The van der Waals surface area contributed by atoms with E-state index in [-0.39, 0.29) is 17.0 Å². The molecule has 0 aromatic heterocycles. The Hall–Kier alpha value is -2.78. The van der Waals surface area contributed by atoms with E-state index in [2.05, 4.69) is 5.32 Å². The number of halogens is 1. The SMILES string of the molecule is C[C@@H](OC(=O)Cc1cccc(F)c1)C(=O)Nc1cccc(S(N)(=O)=O)c1. The van der Waals surface area contributed by atoms with Crippen molar-refractivity contribution in [3.63, 3.8) is 0 Å². The molecule has 0 unspecified atom stereocenters. The molecule has 2 aromatic carbocycles. The van der Waals surface area contributed by atoms with Gasteiger partial charge >= 0.3 is 5.97 Å². The third kappa shape index (κ3) is 5.64. The predicted octanol–water partition coefficient (Wildman–Crippen LogP) is 1.59. The van der Waals surface area contributed by atoms with E-state index in [0.717, 1.165) is 0 Å². The van der Waals surface area contributed by atoms with Crippen LogP contribution in [0.3, 0.4) is 0 Å². The Morgan fingerprint density at radius 3 is 2.54 bits per heavy atom. The van der Waals surface area contributed by atoms with Crippen LogP contribution in [0, 0.1) is 5.82 Å². The number of benzene rings is 2. The summed E-state index contributed by atoms with van der Waals surface area (Å²) in [4.78, 5) is 23.8. The highest BCUT2D eigenvalue weighted by Gasteiger charge is 2.19. The Morgan fingerprint density at radius 2 is 1.88 bits per heavy atom. The maximum Gasteiger partial charge on any atom is 0.311 e. The number of nitrogens with two attached hydrogens (primary N) is 1. The second-order valence-corrected chi connectivity index (χ2v) is 7.06. The molecule has 0 saturated carbocycles. The lowest BCUT2D eigenvalue weighted by molar-refractivity contribution is -0.152. The highest BCUT2D eigenvalue weighted by Crippen LogP contribution is 2.15. The maximum atomic E-state index is 13.1. The molecule has 7 nitrogen and oxygen atoms in total. The van der Waals surface area contributed by atoms with E-state index in [4.69, 9.17) is 9.88 Å². The molecule has 0 aliphatic heterocycles. The number of esters is 1. The third-order valence-electron chi connectivity index (χ3n) is 3.35. The van der Waals surface area contributed by atoms with Gasteiger partial charge < -0.3 is 10.1 Å². The molecule has 0 fully saturated rings. The Balaban J connectivity index is 1.96. The highest BCUT2D eigenvalue weighted by atomic mass is 32.2. The van der Waals surface area contributed by atoms with Crippen molar-refractivity contribution in [2.24, 2.45) is 5.14 Å². The second-order valence-electron chi connectivity index (χ2n) is 5.50. The Bertz CT molecular complexity index is 930. The second kappa shape index (κ2) is 8.07. The van der Waals surface area contributed by atoms with E-state index in [1.807, 2.05) is 0 Å². The van der Waals surface area contributed by atoms with Gasteiger partial charge in [0.2, 0.25) is 10.0 Å². The number of hydrogen-bond donors (Lipinski definition) is 2. The average molecular weight is 380 g/mol. The molecule has 0 spiro atoms. The molecule has 138 valence electrons. The maximum absolute atomic E-state index is 13.1. The first kappa shape index (κ1) is 19.5. The molecular weight excluding hydrogens is 363 g/mol. The molecule has 2 rings (SSSR count). The Kier molecular flexibility index (Phi) is 6.06. The summed E-state index contributed by atoms with van der Waals surface area (Å²) >= 11 is 0. The number of sulfonamides is 1. The summed E-state index contributed by atoms with van der Waals surface area (Å²) in [6.45, 7) is 1.36. The van der Waals surface area contributed by atoms with Gasteiger partial charge in [-0.2, -0.15) is 0 Å². The molecule has 1 amide bonds. The highest BCUT2D eigenvalue weighted by molar-refractivity contribution is 7.89. The molecule has 0 saturated heterocycles. The van der Waals surface area contributed by atoms with Crippen LogP contribution in [0.5, 0.6) is 0 Å². The number of anilines is 1. The molecule has 9 heteroatoms. The fourth-order valence-corrected chi connectivity index (χ4v) is 2.66. The molecule has 0 aliphatic rings. The van der Waals surface area contributed by atoms with Gasteiger partial charge in [-0.15, -0.1) is 0 Å². The number of amides is 1. The number of nitrogens with one attached hydrogen (secondary N) is 1. The van der Waals surface area contributed by atoms with Crippen LogP contribution < -0.4 is 10.5 Å². The topological polar surface area (TPSA) is 116 Å². The van der Waals surface area contributed by atoms with Gasteiger partial charge in [0.1, 0.15) is 5.82 Å². The van der Waals surface area contributed by atoms with Crippen LogP contribution in [0.4, 0.5) is 10.1 Å². The van der Waals surface area contributed by atoms with E-state index in [9.17, 15) is 22.4 Å². The number of rotatable bonds is 6. The zero-order valence-electron chi connectivity index (χ0n) is 13.8. The monoisotopic (exact) mass is 380 g/mol. The van der Waals surface area contributed by atoms with Gasteiger partial charge in [-0.25, -0.2) is 17.9 Å². The minimum Gasteiger partial charge on any atom is -0.452 e. The lowest BCUT2D eigenvalue weighted by Crippen LogP contribution is -2.30. The van der Waals surface area contributed by atoms with Crippen molar-refractivity contribution in [3.05, 3.63) is 59.9 Å². The fraction of sp³-hybridized carbons (Fsp3) is 0.176. The van der Waals surface area contributed by atoms with Crippen LogP contribution in [-0.4, -0.2) is 26.4 Å². The van der Waals surface area contributed by atoms with Crippen LogP contribution in [0.25, 0.3) is 0 Å². The van der Waals surface area contributed by atoms with Crippen LogP contribution in [0.1, 0.15) is 12.5 Å². The van der Waals surface area contributed by atoms with Gasteiger partial charge in [-0.05, 0) is 42.8 Å². The number of carbonyl (C=O) groups excluding carboxylic acids is 2. The molecule has 0 aliphatic carbocycles. The van der Waals surface area contributed by atoms with Crippen molar-refractivity contribution in [3.8, 4) is 0 Å².